The van der Waals surface area contributed by atoms with Crippen molar-refractivity contribution in [3.63, 3.8) is 0 Å². The Morgan fingerprint density at radius 1 is 1.25 bits per heavy atom. The van der Waals surface area contributed by atoms with Crippen molar-refractivity contribution in [1.82, 2.24) is 15.6 Å². The molecule has 0 aliphatic rings. The largest absolute Gasteiger partial charge is 0.457 e. The van der Waals surface area contributed by atoms with Gasteiger partial charge in [-0.05, 0) is 42.7 Å². The second kappa shape index (κ2) is 9.75. The molecule has 2 heterocycles. The van der Waals surface area contributed by atoms with Gasteiger partial charge in [0.2, 0.25) is 11.8 Å². The number of carbonyl (C=O) groups excluding carboxylic acids is 2. The van der Waals surface area contributed by atoms with Gasteiger partial charge in [-0.2, -0.15) is 11.8 Å². The number of nitrogens with zero attached hydrogens (tertiary/aromatic N) is 1. The van der Waals surface area contributed by atoms with E-state index < -0.39 is 6.04 Å². The van der Waals surface area contributed by atoms with Crippen LogP contribution in [0.25, 0.3) is 21.0 Å². The predicted octanol–water partition coefficient (Wildman–Crippen LogP) is 3.82. The molecule has 28 heavy (non-hydrogen) atoms. The van der Waals surface area contributed by atoms with Crippen LogP contribution < -0.4 is 10.6 Å². The third kappa shape index (κ3) is 5.14. The first-order valence-corrected chi connectivity index (χ1v) is 11.3. The molecule has 8 heteroatoms. The average Bonchev–Trinajstić information content (AvgIpc) is 3.35. The molecule has 2 N–H and O–H groups in total. The number of carbonyl (C=O) groups is 2. The van der Waals surface area contributed by atoms with Gasteiger partial charge in [-0.3, -0.25) is 9.59 Å². The molecule has 3 aromatic rings. The highest BCUT2D eigenvalue weighted by Crippen LogP contribution is 2.31. The number of fused-ring (bicyclic) bond motifs is 1. The topological polar surface area (TPSA) is 84.2 Å². The van der Waals surface area contributed by atoms with E-state index in [4.69, 9.17) is 4.42 Å². The van der Waals surface area contributed by atoms with Crippen LogP contribution in [0.1, 0.15) is 25.5 Å². The number of rotatable bonds is 9. The molecule has 2 amide bonds. The SMILES string of the molecule is CCC(=O)NC(CCSC)C(=O)NCc1ccc(-c2nc3ccccc3s2)o1. The van der Waals surface area contributed by atoms with Crippen molar-refractivity contribution in [3.05, 3.63) is 42.2 Å². The molecule has 0 aliphatic heterocycles. The predicted molar refractivity (Wildman–Crippen MR) is 114 cm³/mol. The number of amides is 2. The highest BCUT2D eigenvalue weighted by atomic mass is 32.2. The summed E-state index contributed by atoms with van der Waals surface area (Å²) in [5, 5.41) is 6.45. The monoisotopic (exact) mass is 417 g/mol. The Morgan fingerprint density at radius 2 is 2.07 bits per heavy atom. The minimum Gasteiger partial charge on any atom is -0.457 e. The van der Waals surface area contributed by atoms with Gasteiger partial charge in [0.15, 0.2) is 10.8 Å². The molecule has 0 spiro atoms. The first-order chi connectivity index (χ1) is 13.6. The normalized spacial score (nSPS) is 12.1. The maximum atomic E-state index is 12.5. The maximum Gasteiger partial charge on any atom is 0.242 e. The number of aromatic nitrogens is 1. The van der Waals surface area contributed by atoms with E-state index in [1.165, 1.54) is 0 Å². The molecule has 1 atom stereocenters. The van der Waals surface area contributed by atoms with Crippen LogP contribution in [-0.4, -0.2) is 34.8 Å². The van der Waals surface area contributed by atoms with Gasteiger partial charge in [-0.1, -0.05) is 19.1 Å². The lowest BCUT2D eigenvalue weighted by Crippen LogP contribution is -2.46. The summed E-state index contributed by atoms with van der Waals surface area (Å²) in [6, 6.07) is 11.1. The molecule has 2 aromatic heterocycles. The summed E-state index contributed by atoms with van der Waals surface area (Å²) < 4.78 is 6.96. The summed E-state index contributed by atoms with van der Waals surface area (Å²) in [7, 11) is 0. The van der Waals surface area contributed by atoms with Crippen LogP contribution in [0.3, 0.4) is 0 Å². The smallest absolute Gasteiger partial charge is 0.242 e. The first-order valence-electron chi connectivity index (χ1n) is 9.11. The zero-order valence-corrected chi connectivity index (χ0v) is 17.5. The number of thiazole rings is 1. The van der Waals surface area contributed by atoms with Crippen molar-refractivity contribution in [3.8, 4) is 10.8 Å². The minimum atomic E-state index is -0.529. The standard InChI is InChI=1S/C20H23N3O3S2/c1-3-18(24)22-15(10-11-27-2)19(25)21-12-13-8-9-16(26-13)20-23-14-6-4-5-7-17(14)28-20/h4-9,15H,3,10-12H2,1-2H3,(H,21,25)(H,22,24). The number of para-hydroxylation sites is 1. The number of furan rings is 1. The molecule has 0 saturated heterocycles. The second-order valence-electron chi connectivity index (χ2n) is 6.23. The molecular weight excluding hydrogens is 394 g/mol. The van der Waals surface area contributed by atoms with Gasteiger partial charge >= 0.3 is 0 Å². The minimum absolute atomic E-state index is 0.127. The number of benzene rings is 1. The van der Waals surface area contributed by atoms with Crippen LogP contribution in [0.4, 0.5) is 0 Å². The Kier molecular flexibility index (Phi) is 7.11. The average molecular weight is 418 g/mol. The molecule has 0 fully saturated rings. The number of thioether (sulfide) groups is 1. The molecule has 1 unspecified atom stereocenters. The fraction of sp³-hybridized carbons (Fsp3) is 0.350. The van der Waals surface area contributed by atoms with Crippen molar-refractivity contribution < 1.29 is 14.0 Å². The Morgan fingerprint density at radius 3 is 2.82 bits per heavy atom. The van der Waals surface area contributed by atoms with Crippen LogP contribution in [0.15, 0.2) is 40.8 Å². The van der Waals surface area contributed by atoms with Crippen LogP contribution in [0.5, 0.6) is 0 Å². The van der Waals surface area contributed by atoms with Gasteiger partial charge in [0.1, 0.15) is 11.8 Å². The fourth-order valence-corrected chi connectivity index (χ4v) is 4.06. The Bertz CT molecular complexity index is 918. The molecule has 6 nitrogen and oxygen atoms in total. The maximum absolute atomic E-state index is 12.5. The summed E-state index contributed by atoms with van der Waals surface area (Å²) in [4.78, 5) is 28.7. The fourth-order valence-electron chi connectivity index (χ4n) is 2.66. The molecule has 3 rings (SSSR count). The number of nitrogens with one attached hydrogen (secondary N) is 2. The van der Waals surface area contributed by atoms with Crippen molar-refractivity contribution in [1.29, 1.82) is 0 Å². The van der Waals surface area contributed by atoms with Crippen molar-refractivity contribution in [2.45, 2.75) is 32.4 Å². The van der Waals surface area contributed by atoms with E-state index in [0.29, 0.717) is 24.4 Å². The van der Waals surface area contributed by atoms with E-state index in [1.807, 2.05) is 42.7 Å². The van der Waals surface area contributed by atoms with E-state index in [9.17, 15) is 9.59 Å². The summed E-state index contributed by atoms with van der Waals surface area (Å²) in [6.45, 7) is 2.03. The summed E-state index contributed by atoms with van der Waals surface area (Å²) in [5.74, 6) is 1.80. The summed E-state index contributed by atoms with van der Waals surface area (Å²) >= 11 is 3.21. The molecule has 0 bridgehead atoms. The van der Waals surface area contributed by atoms with E-state index in [2.05, 4.69) is 15.6 Å². The van der Waals surface area contributed by atoms with Crippen LogP contribution in [-0.2, 0) is 16.1 Å². The highest BCUT2D eigenvalue weighted by molar-refractivity contribution is 7.98. The molecule has 0 saturated carbocycles. The third-order valence-corrected chi connectivity index (χ3v) is 5.88. The van der Waals surface area contributed by atoms with Gasteiger partial charge in [-0.25, -0.2) is 4.98 Å². The molecule has 0 aliphatic carbocycles. The van der Waals surface area contributed by atoms with Gasteiger partial charge in [0.05, 0.1) is 16.8 Å². The lowest BCUT2D eigenvalue weighted by atomic mass is 10.2. The molecule has 0 radical (unpaired) electrons. The molecule has 1 aromatic carbocycles. The third-order valence-electron chi connectivity index (χ3n) is 4.19. The Hall–Kier alpha value is -2.32. The highest BCUT2D eigenvalue weighted by Gasteiger charge is 2.20. The van der Waals surface area contributed by atoms with Crippen LogP contribution >= 0.6 is 23.1 Å². The first kappa shape index (κ1) is 20.4. The van der Waals surface area contributed by atoms with E-state index in [0.717, 1.165) is 21.0 Å². The van der Waals surface area contributed by atoms with Gasteiger partial charge < -0.3 is 15.1 Å². The number of hydrogen-bond acceptors (Lipinski definition) is 6. The quantitative estimate of drug-likeness (QED) is 0.553. The zero-order valence-electron chi connectivity index (χ0n) is 15.9. The van der Waals surface area contributed by atoms with Gasteiger partial charge in [0.25, 0.3) is 0 Å². The Labute approximate surface area is 172 Å². The van der Waals surface area contributed by atoms with E-state index >= 15 is 0 Å². The van der Waals surface area contributed by atoms with Crippen molar-refractivity contribution in [2.75, 3.05) is 12.0 Å². The van der Waals surface area contributed by atoms with Crippen molar-refractivity contribution in [2.24, 2.45) is 0 Å². The van der Waals surface area contributed by atoms with E-state index in [1.54, 1.807) is 30.0 Å². The van der Waals surface area contributed by atoms with E-state index in [-0.39, 0.29) is 18.4 Å². The Balaban J connectivity index is 1.62. The van der Waals surface area contributed by atoms with Crippen molar-refractivity contribution >= 4 is 45.1 Å². The summed E-state index contributed by atoms with van der Waals surface area (Å²) in [5.41, 5.74) is 0.942. The van der Waals surface area contributed by atoms with Crippen LogP contribution in [0, 0.1) is 0 Å². The lowest BCUT2D eigenvalue weighted by molar-refractivity contribution is -0.129. The van der Waals surface area contributed by atoms with Crippen LogP contribution in [0.2, 0.25) is 0 Å². The zero-order chi connectivity index (χ0) is 19.9. The summed E-state index contributed by atoms with van der Waals surface area (Å²) in [6.07, 6.45) is 2.92. The molecule has 148 valence electrons. The molecular formula is C20H23N3O3S2. The lowest BCUT2D eigenvalue weighted by Gasteiger charge is -2.17. The second-order valence-corrected chi connectivity index (χ2v) is 8.24. The van der Waals surface area contributed by atoms with Gasteiger partial charge in [-0.15, -0.1) is 11.3 Å². The van der Waals surface area contributed by atoms with Gasteiger partial charge in [0, 0.05) is 6.42 Å². The number of hydrogen-bond donors (Lipinski definition) is 2.